The van der Waals surface area contributed by atoms with Crippen molar-refractivity contribution in [1.82, 2.24) is 39.2 Å². The first-order valence-corrected chi connectivity index (χ1v) is 14.9. The molecule has 0 aromatic heterocycles. The third-order valence-electron chi connectivity index (χ3n) is 9.90. The zero-order chi connectivity index (χ0) is 32.3. The van der Waals surface area contributed by atoms with Crippen LogP contribution in [-0.2, 0) is 35.8 Å². The Morgan fingerprint density at radius 2 is 0.674 bits per heavy atom. The summed E-state index contributed by atoms with van der Waals surface area (Å²) in [5.74, 6) is 0. The van der Waals surface area contributed by atoms with Gasteiger partial charge < -0.3 is 10.2 Å². The second-order valence-corrected chi connectivity index (χ2v) is 11.9. The number of amides is 8. The Morgan fingerprint density at radius 1 is 0.457 bits per heavy atom. The van der Waals surface area contributed by atoms with E-state index in [1.54, 1.807) is 39.2 Å². The van der Waals surface area contributed by atoms with Gasteiger partial charge in [0.1, 0.15) is 38.0 Å². The SMILES string of the molecule is O=C1N2Cc3ccccc3CN3C(=O)N4CN5C(=O)N6Cc7ccccc7CN7C(=O)N(CN1C4CC23)C5CC76.O=CO.O=CO. The number of carboxylic acid groups (broad SMARTS) is 2. The van der Waals surface area contributed by atoms with Gasteiger partial charge in [0.05, 0.1) is 0 Å². The van der Waals surface area contributed by atoms with Crippen molar-refractivity contribution in [3.63, 3.8) is 0 Å². The molecule has 7 aliphatic rings. The molecule has 0 unspecified atom stereocenters. The highest BCUT2D eigenvalue weighted by molar-refractivity contribution is 5.86. The maximum absolute atomic E-state index is 14.2. The van der Waals surface area contributed by atoms with Crippen LogP contribution in [0.5, 0.6) is 0 Å². The van der Waals surface area contributed by atoms with Gasteiger partial charge >= 0.3 is 24.1 Å². The highest BCUT2D eigenvalue weighted by Crippen LogP contribution is 2.43. The number of urea groups is 4. The van der Waals surface area contributed by atoms with Gasteiger partial charge in [0, 0.05) is 39.0 Å². The molecule has 0 spiro atoms. The lowest BCUT2D eigenvalue weighted by Crippen LogP contribution is -2.81. The van der Waals surface area contributed by atoms with Crippen molar-refractivity contribution in [3.05, 3.63) is 70.8 Å². The van der Waals surface area contributed by atoms with E-state index < -0.39 is 12.3 Å². The number of hydrogen-bond donors (Lipinski definition) is 2. The second-order valence-electron chi connectivity index (χ2n) is 11.9. The quantitative estimate of drug-likeness (QED) is 0.415. The van der Waals surface area contributed by atoms with Crippen molar-refractivity contribution >= 4 is 37.1 Å². The van der Waals surface area contributed by atoms with Crippen LogP contribution in [-0.4, -0.2) is 124 Å². The predicted molar refractivity (Wildman–Crippen MR) is 156 cm³/mol. The topological polar surface area (TPSA) is 169 Å². The summed E-state index contributed by atoms with van der Waals surface area (Å²) in [6, 6.07) is 15.1. The molecular weight excluding hydrogens is 600 g/mol. The first-order valence-electron chi connectivity index (χ1n) is 14.9. The summed E-state index contributed by atoms with van der Waals surface area (Å²) in [6.45, 7) is 1.19. The molecule has 8 amide bonds. The van der Waals surface area contributed by atoms with Crippen molar-refractivity contribution in [2.24, 2.45) is 0 Å². The minimum absolute atomic E-state index is 0.0241. The van der Waals surface area contributed by atoms with Gasteiger partial charge in [-0.05, 0) is 22.3 Å². The Kier molecular flexibility index (Phi) is 7.05. The van der Waals surface area contributed by atoms with Gasteiger partial charge in [-0.1, -0.05) is 48.5 Å². The first kappa shape index (κ1) is 29.2. The van der Waals surface area contributed by atoms with Crippen molar-refractivity contribution in [2.45, 2.75) is 63.7 Å². The summed E-state index contributed by atoms with van der Waals surface area (Å²) in [7, 11) is 0. The Balaban J connectivity index is 0.000000526. The molecule has 0 radical (unpaired) electrons. The van der Waals surface area contributed by atoms with E-state index >= 15 is 0 Å². The van der Waals surface area contributed by atoms with Crippen molar-refractivity contribution in [1.29, 1.82) is 0 Å². The lowest BCUT2D eigenvalue weighted by Gasteiger charge is -2.63. The van der Waals surface area contributed by atoms with E-state index in [1.165, 1.54) is 0 Å². The van der Waals surface area contributed by atoms with Crippen LogP contribution in [0.1, 0.15) is 35.1 Å². The van der Waals surface area contributed by atoms with E-state index in [0.717, 1.165) is 22.3 Å². The van der Waals surface area contributed by atoms with E-state index in [-0.39, 0.29) is 62.7 Å². The Morgan fingerprint density at radius 3 is 0.913 bits per heavy atom. The zero-order valence-electron chi connectivity index (χ0n) is 24.7. The lowest BCUT2D eigenvalue weighted by molar-refractivity contribution is -0.149. The van der Waals surface area contributed by atoms with Crippen LogP contribution in [0.2, 0.25) is 0 Å². The third-order valence-corrected chi connectivity index (χ3v) is 9.90. The average molecular weight is 633 g/mol. The maximum Gasteiger partial charge on any atom is 0.325 e. The van der Waals surface area contributed by atoms with Crippen LogP contribution >= 0.6 is 0 Å². The maximum atomic E-state index is 14.2. The number of benzene rings is 2. The molecule has 5 saturated heterocycles. The van der Waals surface area contributed by atoms with E-state index in [9.17, 15) is 19.2 Å². The van der Waals surface area contributed by atoms with Gasteiger partial charge in [0.2, 0.25) is 0 Å². The fourth-order valence-corrected chi connectivity index (χ4v) is 7.85. The molecule has 0 aliphatic carbocycles. The molecule has 0 atom stereocenters. The molecule has 0 saturated carbocycles. The van der Waals surface area contributed by atoms with E-state index in [4.69, 9.17) is 19.8 Å². The highest BCUT2D eigenvalue weighted by Gasteiger charge is 2.59. The second kappa shape index (κ2) is 11.1. The number of carbonyl (C=O) groups is 6. The number of carbonyl (C=O) groups excluding carboxylic acids is 4. The smallest absolute Gasteiger partial charge is 0.325 e. The minimum Gasteiger partial charge on any atom is -0.483 e. The molecule has 16 nitrogen and oxygen atoms in total. The fourth-order valence-electron chi connectivity index (χ4n) is 7.85. The minimum atomic E-state index is -0.538. The van der Waals surface area contributed by atoms with Crippen LogP contribution < -0.4 is 0 Å². The number of nitrogens with zero attached hydrogens (tertiary/aromatic N) is 8. The van der Waals surface area contributed by atoms with Gasteiger partial charge in [-0.25, -0.2) is 19.2 Å². The number of rotatable bonds is 0. The zero-order valence-corrected chi connectivity index (χ0v) is 24.7. The summed E-state index contributed by atoms with van der Waals surface area (Å²) in [5.41, 5.74) is 4.07. The molecular formula is C30H32N8O8. The summed E-state index contributed by atoms with van der Waals surface area (Å²) in [6.07, 6.45) is -0.761. The van der Waals surface area contributed by atoms with E-state index in [2.05, 4.69) is 0 Å². The average Bonchev–Trinajstić information content (AvgIpc) is 3.33. The molecule has 7 heterocycles. The molecule has 2 N–H and O–H groups in total. The summed E-state index contributed by atoms with van der Waals surface area (Å²) in [5, 5.41) is 13.8. The van der Waals surface area contributed by atoms with E-state index in [1.807, 2.05) is 48.5 Å². The monoisotopic (exact) mass is 632 g/mol. The van der Waals surface area contributed by atoms with Crippen LogP contribution in [0.4, 0.5) is 19.2 Å². The Hall–Kier alpha value is -5.54. The van der Waals surface area contributed by atoms with Gasteiger partial charge in [-0.2, -0.15) is 0 Å². The number of hydrogen-bond acceptors (Lipinski definition) is 6. The molecule has 240 valence electrons. The van der Waals surface area contributed by atoms with Gasteiger partial charge in [0.25, 0.3) is 12.9 Å². The highest BCUT2D eigenvalue weighted by atomic mass is 16.3. The Bertz CT molecular complexity index is 1400. The van der Waals surface area contributed by atoms with Crippen molar-refractivity contribution < 1.29 is 39.0 Å². The van der Waals surface area contributed by atoms with Crippen molar-refractivity contribution in [2.75, 3.05) is 13.3 Å². The van der Waals surface area contributed by atoms with Gasteiger partial charge in [-0.15, -0.1) is 0 Å². The normalized spacial score (nSPS) is 26.6. The third kappa shape index (κ3) is 4.27. The molecule has 5 fully saturated rings. The molecule has 4 bridgehead atoms. The predicted octanol–water partition coefficient (Wildman–Crippen LogP) is 1.78. The molecule has 2 aromatic carbocycles. The first-order chi connectivity index (χ1) is 22.3. The van der Waals surface area contributed by atoms with Crippen LogP contribution in [0, 0.1) is 0 Å². The summed E-state index contributed by atoms with van der Waals surface area (Å²) >= 11 is 0. The molecule has 2 aromatic rings. The lowest BCUT2D eigenvalue weighted by atomic mass is 10.0. The largest absolute Gasteiger partial charge is 0.483 e. The summed E-state index contributed by atoms with van der Waals surface area (Å²) in [4.78, 5) is 87.3. The van der Waals surface area contributed by atoms with Crippen molar-refractivity contribution in [3.8, 4) is 0 Å². The molecule has 46 heavy (non-hydrogen) atoms. The molecule has 16 heteroatoms. The fraction of sp³-hybridized carbons (Fsp3) is 0.400. The van der Waals surface area contributed by atoms with E-state index in [0.29, 0.717) is 39.0 Å². The van der Waals surface area contributed by atoms with Gasteiger partial charge in [0.15, 0.2) is 0 Å². The molecule has 7 aliphatic heterocycles. The van der Waals surface area contributed by atoms with Gasteiger partial charge in [-0.3, -0.25) is 48.8 Å². The van der Waals surface area contributed by atoms with Crippen LogP contribution in [0.15, 0.2) is 48.5 Å². The van der Waals surface area contributed by atoms with Crippen LogP contribution in [0.3, 0.4) is 0 Å². The molecule has 9 rings (SSSR count). The Labute approximate surface area is 263 Å². The summed E-state index contributed by atoms with van der Waals surface area (Å²) < 4.78 is 0. The number of fused-ring (bicyclic) bond motifs is 2. The standard InChI is InChI=1S/C28H28N8O4.2CH2O2/c37-25-29-11-17-5-1-2-6-18(17)12-30-21(29)9-23-33(25)15-35-24-10-22-31(27(35)39)13-19-7-3-4-8-20(19)14-32(22)28(40)36(24)16-34(23)26(30)38;2*2-1-3/h1-8,21-24H,9-16H2;2*1H,(H,2,3). The van der Waals surface area contributed by atoms with Crippen LogP contribution in [0.25, 0.3) is 0 Å².